The lowest BCUT2D eigenvalue weighted by atomic mass is 10.3. The average Bonchev–Trinajstić information content (AvgIpc) is 2.97. The third kappa shape index (κ3) is 6.13. The second-order valence-electron chi connectivity index (χ2n) is 4.89. The topological polar surface area (TPSA) is 86.3 Å². The molecule has 1 aliphatic heterocycles. The fourth-order valence-electron chi connectivity index (χ4n) is 1.76. The van der Waals surface area contributed by atoms with Gasteiger partial charge in [0.05, 0.1) is 0 Å². The molecule has 1 atom stereocenters. The summed E-state index contributed by atoms with van der Waals surface area (Å²) in [6.45, 7) is -2.42. The van der Waals surface area contributed by atoms with Crippen molar-refractivity contribution in [2.45, 2.75) is 12.3 Å². The normalized spacial score (nSPS) is 14.3. The number of hydrogen-bond acceptors (Lipinski definition) is 6. The van der Waals surface area contributed by atoms with E-state index in [1.54, 1.807) is 18.2 Å². The molecule has 10 heteroatoms. The summed E-state index contributed by atoms with van der Waals surface area (Å²) in [4.78, 5) is 11.2. The largest absolute Gasteiger partial charge is 0.491 e. The van der Waals surface area contributed by atoms with Gasteiger partial charge in [-0.15, -0.1) is 0 Å². The van der Waals surface area contributed by atoms with E-state index in [2.05, 4.69) is 10.1 Å². The van der Waals surface area contributed by atoms with Gasteiger partial charge in [0, 0.05) is 12.6 Å². The van der Waals surface area contributed by atoms with E-state index in [1.807, 2.05) is 0 Å². The van der Waals surface area contributed by atoms with Crippen LogP contribution in [-0.4, -0.2) is 56.5 Å². The summed E-state index contributed by atoms with van der Waals surface area (Å²) >= 11 is 0. The fourth-order valence-corrected chi connectivity index (χ4v) is 1.76. The molecule has 24 heavy (non-hydrogen) atoms. The zero-order chi connectivity index (χ0) is 17.6. The summed E-state index contributed by atoms with van der Waals surface area (Å²) in [5, 5.41) is 11.9. The van der Waals surface area contributed by atoms with Gasteiger partial charge in [0.2, 0.25) is 12.7 Å². The van der Waals surface area contributed by atoms with Gasteiger partial charge in [0.25, 0.3) is 0 Å². The maximum atomic E-state index is 11.8. The molecule has 2 N–H and O–H groups in total. The summed E-state index contributed by atoms with van der Waals surface area (Å²) in [7, 11) is 0. The Morgan fingerprint density at radius 1 is 1.33 bits per heavy atom. The lowest BCUT2D eigenvalue weighted by Crippen LogP contribution is -2.37. The first kappa shape index (κ1) is 18.1. The van der Waals surface area contributed by atoms with Crippen molar-refractivity contribution in [2.24, 2.45) is 0 Å². The van der Waals surface area contributed by atoms with Crippen LogP contribution in [-0.2, 0) is 9.53 Å². The van der Waals surface area contributed by atoms with Crippen LogP contribution in [0.4, 0.5) is 13.2 Å². The SMILES string of the molecule is O=C(COCC(F)(F)F)NCC(O)COc1ccc2c(c1)OCO2. The average molecular weight is 351 g/mol. The van der Waals surface area contributed by atoms with Crippen molar-refractivity contribution in [2.75, 3.05) is 33.2 Å². The molecule has 0 fully saturated rings. The number of halogens is 3. The number of alkyl halides is 3. The minimum atomic E-state index is -4.49. The summed E-state index contributed by atoms with van der Waals surface area (Å²) in [6.07, 6.45) is -5.53. The van der Waals surface area contributed by atoms with E-state index in [0.717, 1.165) is 0 Å². The molecule has 134 valence electrons. The summed E-state index contributed by atoms with van der Waals surface area (Å²) in [6, 6.07) is 4.88. The van der Waals surface area contributed by atoms with Gasteiger partial charge >= 0.3 is 6.18 Å². The Morgan fingerprint density at radius 2 is 2.08 bits per heavy atom. The van der Waals surface area contributed by atoms with E-state index >= 15 is 0 Å². The number of carbonyl (C=O) groups is 1. The molecule has 1 heterocycles. The van der Waals surface area contributed by atoms with Gasteiger partial charge in [-0.3, -0.25) is 4.79 Å². The number of hydrogen-bond donors (Lipinski definition) is 2. The number of benzene rings is 1. The highest BCUT2D eigenvalue weighted by Crippen LogP contribution is 2.35. The first-order valence-corrected chi connectivity index (χ1v) is 6.95. The molecular formula is C14H16F3NO6. The number of aliphatic hydroxyl groups is 1. The summed E-state index contributed by atoms with van der Waals surface area (Å²) in [5.41, 5.74) is 0. The van der Waals surface area contributed by atoms with Crippen molar-refractivity contribution >= 4 is 5.91 Å². The molecular weight excluding hydrogens is 335 g/mol. The highest BCUT2D eigenvalue weighted by Gasteiger charge is 2.27. The zero-order valence-corrected chi connectivity index (χ0v) is 12.5. The molecule has 0 aromatic heterocycles. The standard InChI is InChI=1S/C14H16F3NO6/c15-14(16,17)7-21-6-13(20)18-4-9(19)5-22-10-1-2-11-12(3-10)24-8-23-11/h1-3,9,19H,4-8H2,(H,18,20). The number of ether oxygens (including phenoxy) is 4. The van der Waals surface area contributed by atoms with Crippen LogP contribution in [0, 0.1) is 0 Å². The van der Waals surface area contributed by atoms with Gasteiger partial charge in [0.15, 0.2) is 11.5 Å². The molecule has 0 aliphatic carbocycles. The van der Waals surface area contributed by atoms with Crippen LogP contribution in [0.15, 0.2) is 18.2 Å². The van der Waals surface area contributed by atoms with E-state index in [4.69, 9.17) is 14.2 Å². The summed E-state index contributed by atoms with van der Waals surface area (Å²) in [5.74, 6) is 0.797. The molecule has 1 aromatic carbocycles. The van der Waals surface area contributed by atoms with Crippen LogP contribution < -0.4 is 19.5 Å². The molecule has 1 amide bonds. The minimum absolute atomic E-state index is 0.122. The third-order valence-corrected chi connectivity index (χ3v) is 2.82. The van der Waals surface area contributed by atoms with Crippen LogP contribution in [0.25, 0.3) is 0 Å². The Morgan fingerprint density at radius 3 is 2.83 bits per heavy atom. The Hall–Kier alpha value is -2.20. The molecule has 1 aromatic rings. The lowest BCUT2D eigenvalue weighted by Gasteiger charge is -2.14. The van der Waals surface area contributed by atoms with E-state index in [-0.39, 0.29) is 19.9 Å². The van der Waals surface area contributed by atoms with Crippen LogP contribution in [0.3, 0.4) is 0 Å². The van der Waals surface area contributed by atoms with Gasteiger partial charge in [-0.2, -0.15) is 13.2 Å². The van der Waals surface area contributed by atoms with Crippen LogP contribution in [0.5, 0.6) is 17.2 Å². The van der Waals surface area contributed by atoms with Crippen molar-refractivity contribution in [3.63, 3.8) is 0 Å². The van der Waals surface area contributed by atoms with E-state index < -0.39 is 31.4 Å². The highest BCUT2D eigenvalue weighted by molar-refractivity contribution is 5.77. The number of carbonyl (C=O) groups excluding carboxylic acids is 1. The van der Waals surface area contributed by atoms with Crippen molar-refractivity contribution in [3.05, 3.63) is 18.2 Å². The second kappa shape index (κ2) is 8.06. The number of rotatable bonds is 8. The molecule has 0 saturated heterocycles. The molecule has 0 saturated carbocycles. The van der Waals surface area contributed by atoms with Crippen LogP contribution in [0.1, 0.15) is 0 Å². The molecule has 0 bridgehead atoms. The Bertz CT molecular complexity index is 566. The van der Waals surface area contributed by atoms with Gasteiger partial charge in [-0.05, 0) is 12.1 Å². The third-order valence-electron chi connectivity index (χ3n) is 2.82. The van der Waals surface area contributed by atoms with Gasteiger partial charge in [-0.1, -0.05) is 0 Å². The predicted octanol–water partition coefficient (Wildman–Crippen LogP) is 0.850. The van der Waals surface area contributed by atoms with Crippen LogP contribution >= 0.6 is 0 Å². The Labute approximate surface area is 135 Å². The van der Waals surface area contributed by atoms with Gasteiger partial charge in [0.1, 0.15) is 31.7 Å². The number of fused-ring (bicyclic) bond motifs is 1. The van der Waals surface area contributed by atoms with E-state index in [1.165, 1.54) is 0 Å². The summed E-state index contributed by atoms with van der Waals surface area (Å²) < 4.78 is 55.3. The Kier molecular flexibility index (Phi) is 6.10. The van der Waals surface area contributed by atoms with Crippen molar-refractivity contribution in [3.8, 4) is 17.2 Å². The minimum Gasteiger partial charge on any atom is -0.491 e. The zero-order valence-electron chi connectivity index (χ0n) is 12.5. The van der Waals surface area contributed by atoms with Gasteiger partial charge in [-0.25, -0.2) is 0 Å². The predicted molar refractivity (Wildman–Crippen MR) is 74.0 cm³/mol. The Balaban J connectivity index is 1.63. The van der Waals surface area contributed by atoms with E-state index in [9.17, 15) is 23.1 Å². The second-order valence-corrected chi connectivity index (χ2v) is 4.89. The smallest absolute Gasteiger partial charge is 0.411 e. The molecule has 0 radical (unpaired) electrons. The molecule has 1 aliphatic rings. The molecule has 1 unspecified atom stereocenters. The monoisotopic (exact) mass is 351 g/mol. The van der Waals surface area contributed by atoms with Crippen molar-refractivity contribution in [1.29, 1.82) is 0 Å². The quantitative estimate of drug-likeness (QED) is 0.722. The fraction of sp³-hybridized carbons (Fsp3) is 0.500. The van der Waals surface area contributed by atoms with E-state index in [0.29, 0.717) is 17.2 Å². The molecule has 0 spiro atoms. The van der Waals surface area contributed by atoms with Crippen molar-refractivity contribution in [1.82, 2.24) is 5.32 Å². The first-order valence-electron chi connectivity index (χ1n) is 6.95. The number of aliphatic hydroxyl groups excluding tert-OH is 1. The number of nitrogens with one attached hydrogen (secondary N) is 1. The maximum Gasteiger partial charge on any atom is 0.411 e. The van der Waals surface area contributed by atoms with Crippen LogP contribution in [0.2, 0.25) is 0 Å². The highest BCUT2D eigenvalue weighted by atomic mass is 19.4. The first-order chi connectivity index (χ1) is 11.3. The maximum absolute atomic E-state index is 11.8. The molecule has 7 nitrogen and oxygen atoms in total. The lowest BCUT2D eigenvalue weighted by molar-refractivity contribution is -0.175. The van der Waals surface area contributed by atoms with Crippen molar-refractivity contribution < 1.29 is 42.0 Å². The molecule has 2 rings (SSSR count). The van der Waals surface area contributed by atoms with Gasteiger partial charge < -0.3 is 29.4 Å². The number of amides is 1.